The van der Waals surface area contributed by atoms with Crippen molar-refractivity contribution in [2.45, 2.75) is 12.8 Å². The second-order valence-electron chi connectivity index (χ2n) is 4.10. The van der Waals surface area contributed by atoms with E-state index in [1.54, 1.807) is 24.3 Å². The summed E-state index contributed by atoms with van der Waals surface area (Å²) in [6, 6.07) is 9.30. The molecule has 0 spiro atoms. The Kier molecular flexibility index (Phi) is 3.56. The van der Waals surface area contributed by atoms with E-state index in [-0.39, 0.29) is 5.91 Å². The summed E-state index contributed by atoms with van der Waals surface area (Å²) < 4.78 is 0. The Morgan fingerprint density at radius 1 is 1.35 bits per heavy atom. The number of carbonyl (C=O) groups excluding carboxylic acids is 1. The number of rotatable bonds is 2. The van der Waals surface area contributed by atoms with Crippen LogP contribution in [-0.4, -0.2) is 23.9 Å². The summed E-state index contributed by atoms with van der Waals surface area (Å²) >= 11 is 0. The van der Waals surface area contributed by atoms with Gasteiger partial charge in [0.05, 0.1) is 11.6 Å². The van der Waals surface area contributed by atoms with Crippen LogP contribution >= 0.6 is 0 Å². The van der Waals surface area contributed by atoms with Gasteiger partial charge in [0.25, 0.3) is 0 Å². The van der Waals surface area contributed by atoms with E-state index in [2.05, 4.69) is 6.07 Å². The first kappa shape index (κ1) is 11.4. The van der Waals surface area contributed by atoms with Crippen molar-refractivity contribution in [1.82, 2.24) is 4.90 Å². The Bertz CT molecular complexity index is 479. The molecule has 0 N–H and O–H groups in total. The van der Waals surface area contributed by atoms with Gasteiger partial charge in [0, 0.05) is 19.2 Å². The minimum atomic E-state index is 0.0601. The fourth-order valence-electron chi connectivity index (χ4n) is 1.92. The third-order valence-electron chi connectivity index (χ3n) is 2.85. The number of likely N-dealkylation sites (tertiary alicyclic amines) is 1. The van der Waals surface area contributed by atoms with E-state index in [4.69, 9.17) is 5.26 Å². The van der Waals surface area contributed by atoms with Gasteiger partial charge in [0.1, 0.15) is 0 Å². The van der Waals surface area contributed by atoms with Crippen molar-refractivity contribution < 1.29 is 4.79 Å². The normalized spacial score (nSPS) is 15.1. The minimum absolute atomic E-state index is 0.0601. The summed E-state index contributed by atoms with van der Waals surface area (Å²) in [5, 5.41) is 8.76. The smallest absolute Gasteiger partial charge is 0.246 e. The van der Waals surface area contributed by atoms with E-state index in [1.807, 2.05) is 17.0 Å². The van der Waals surface area contributed by atoms with Gasteiger partial charge >= 0.3 is 0 Å². The van der Waals surface area contributed by atoms with E-state index in [0.29, 0.717) is 5.56 Å². The molecular weight excluding hydrogens is 212 g/mol. The van der Waals surface area contributed by atoms with Gasteiger partial charge in [-0.2, -0.15) is 5.26 Å². The molecule has 86 valence electrons. The third kappa shape index (κ3) is 2.94. The monoisotopic (exact) mass is 226 g/mol. The van der Waals surface area contributed by atoms with Crippen molar-refractivity contribution in [3.8, 4) is 6.07 Å². The van der Waals surface area contributed by atoms with Gasteiger partial charge in [-0.1, -0.05) is 12.1 Å². The van der Waals surface area contributed by atoms with E-state index < -0.39 is 0 Å². The molecule has 0 radical (unpaired) electrons. The molecule has 1 aromatic rings. The molecule has 0 bridgehead atoms. The zero-order valence-corrected chi connectivity index (χ0v) is 9.60. The summed E-state index contributed by atoms with van der Waals surface area (Å²) in [5.74, 6) is 0.0601. The zero-order valence-electron chi connectivity index (χ0n) is 9.60. The summed E-state index contributed by atoms with van der Waals surface area (Å²) in [4.78, 5) is 13.6. The molecule has 1 amide bonds. The Hall–Kier alpha value is -2.08. The largest absolute Gasteiger partial charge is 0.339 e. The van der Waals surface area contributed by atoms with Crippen LogP contribution < -0.4 is 0 Å². The van der Waals surface area contributed by atoms with Crippen molar-refractivity contribution >= 4 is 12.0 Å². The van der Waals surface area contributed by atoms with Gasteiger partial charge in [-0.05, 0) is 36.6 Å². The highest BCUT2D eigenvalue weighted by molar-refractivity contribution is 5.91. The molecule has 1 aliphatic heterocycles. The Labute approximate surface area is 101 Å². The van der Waals surface area contributed by atoms with E-state index >= 15 is 0 Å². The zero-order chi connectivity index (χ0) is 12.1. The Morgan fingerprint density at radius 2 is 2.12 bits per heavy atom. The quantitative estimate of drug-likeness (QED) is 0.725. The lowest BCUT2D eigenvalue weighted by Gasteiger charge is -2.11. The molecule has 0 aliphatic carbocycles. The molecule has 0 aromatic heterocycles. The fraction of sp³-hybridized carbons (Fsp3) is 0.286. The summed E-state index contributed by atoms with van der Waals surface area (Å²) in [6.45, 7) is 1.73. The number of nitrogens with zero attached hydrogens (tertiary/aromatic N) is 2. The van der Waals surface area contributed by atoms with Crippen LogP contribution in [0.3, 0.4) is 0 Å². The Morgan fingerprint density at radius 3 is 2.82 bits per heavy atom. The lowest BCUT2D eigenvalue weighted by molar-refractivity contribution is -0.124. The molecule has 1 saturated heterocycles. The lowest BCUT2D eigenvalue weighted by Crippen LogP contribution is -2.25. The van der Waals surface area contributed by atoms with Crippen LogP contribution in [0.4, 0.5) is 0 Å². The summed E-state index contributed by atoms with van der Waals surface area (Å²) in [7, 11) is 0. The topological polar surface area (TPSA) is 44.1 Å². The number of nitriles is 1. The van der Waals surface area contributed by atoms with Gasteiger partial charge < -0.3 is 4.90 Å². The molecule has 1 aromatic carbocycles. The molecule has 2 rings (SSSR count). The maximum Gasteiger partial charge on any atom is 0.246 e. The first-order valence-corrected chi connectivity index (χ1v) is 5.77. The number of hydrogen-bond donors (Lipinski definition) is 0. The number of amides is 1. The van der Waals surface area contributed by atoms with Crippen molar-refractivity contribution in [3.05, 3.63) is 41.5 Å². The molecular formula is C14H14N2O. The van der Waals surface area contributed by atoms with Crippen molar-refractivity contribution in [2.75, 3.05) is 13.1 Å². The van der Waals surface area contributed by atoms with Gasteiger partial charge in [-0.15, -0.1) is 0 Å². The van der Waals surface area contributed by atoms with Crippen LogP contribution in [0.5, 0.6) is 0 Å². The molecule has 3 heteroatoms. The highest BCUT2D eigenvalue weighted by atomic mass is 16.2. The number of benzene rings is 1. The van der Waals surface area contributed by atoms with E-state index in [9.17, 15) is 4.79 Å². The van der Waals surface area contributed by atoms with E-state index in [0.717, 1.165) is 31.5 Å². The second kappa shape index (κ2) is 5.31. The van der Waals surface area contributed by atoms with Crippen molar-refractivity contribution in [3.63, 3.8) is 0 Å². The fourth-order valence-corrected chi connectivity index (χ4v) is 1.92. The summed E-state index contributed by atoms with van der Waals surface area (Å²) in [6.07, 6.45) is 5.55. The van der Waals surface area contributed by atoms with Crippen LogP contribution in [0.1, 0.15) is 24.0 Å². The molecule has 1 heterocycles. The lowest BCUT2D eigenvalue weighted by atomic mass is 10.1. The first-order valence-electron chi connectivity index (χ1n) is 5.77. The maximum atomic E-state index is 11.7. The van der Waals surface area contributed by atoms with Crippen molar-refractivity contribution in [2.24, 2.45) is 0 Å². The SMILES string of the molecule is N#Cc1cccc(/C=C/C(=O)N2CCCC2)c1. The minimum Gasteiger partial charge on any atom is -0.339 e. The second-order valence-corrected chi connectivity index (χ2v) is 4.10. The van der Waals surface area contributed by atoms with Crippen LogP contribution in [-0.2, 0) is 4.79 Å². The molecule has 1 fully saturated rings. The van der Waals surface area contributed by atoms with E-state index in [1.165, 1.54) is 0 Å². The third-order valence-corrected chi connectivity index (χ3v) is 2.85. The molecule has 0 saturated carbocycles. The van der Waals surface area contributed by atoms with Gasteiger partial charge in [0.2, 0.25) is 5.91 Å². The first-order chi connectivity index (χ1) is 8.29. The number of carbonyl (C=O) groups is 1. The van der Waals surface area contributed by atoms with Gasteiger partial charge in [-0.25, -0.2) is 0 Å². The highest BCUT2D eigenvalue weighted by Crippen LogP contribution is 2.10. The Balaban J connectivity index is 2.04. The molecule has 0 unspecified atom stereocenters. The highest BCUT2D eigenvalue weighted by Gasteiger charge is 2.14. The maximum absolute atomic E-state index is 11.7. The number of hydrogen-bond acceptors (Lipinski definition) is 2. The van der Waals surface area contributed by atoms with Crippen LogP contribution in [0, 0.1) is 11.3 Å². The average Bonchev–Trinajstić information content (AvgIpc) is 2.90. The van der Waals surface area contributed by atoms with Crippen LogP contribution in [0.15, 0.2) is 30.3 Å². The molecule has 1 aliphatic rings. The standard InChI is InChI=1S/C14H14N2O/c15-11-13-5-3-4-12(10-13)6-7-14(17)16-8-1-2-9-16/h3-7,10H,1-2,8-9H2/b7-6+. The molecule has 3 nitrogen and oxygen atoms in total. The predicted octanol–water partition coefficient (Wildman–Crippen LogP) is 2.19. The summed E-state index contributed by atoms with van der Waals surface area (Å²) in [5.41, 5.74) is 1.50. The predicted molar refractivity (Wildman–Crippen MR) is 66.0 cm³/mol. The van der Waals surface area contributed by atoms with Crippen LogP contribution in [0.25, 0.3) is 6.08 Å². The molecule has 0 atom stereocenters. The average molecular weight is 226 g/mol. The molecule has 17 heavy (non-hydrogen) atoms. The van der Waals surface area contributed by atoms with Crippen molar-refractivity contribution in [1.29, 1.82) is 5.26 Å². The van der Waals surface area contributed by atoms with Crippen LogP contribution in [0.2, 0.25) is 0 Å². The van der Waals surface area contributed by atoms with Gasteiger partial charge in [0.15, 0.2) is 0 Å². The van der Waals surface area contributed by atoms with Gasteiger partial charge in [-0.3, -0.25) is 4.79 Å².